The van der Waals surface area contributed by atoms with Crippen LogP contribution < -0.4 is 5.32 Å². The number of alkyl halides is 3. The third kappa shape index (κ3) is 3.58. The van der Waals surface area contributed by atoms with Crippen LogP contribution in [0.4, 0.5) is 13.2 Å². The molecular formula is C12H21F3N2. The van der Waals surface area contributed by atoms with Crippen molar-refractivity contribution in [3.8, 4) is 0 Å². The van der Waals surface area contributed by atoms with Crippen LogP contribution in [0.15, 0.2) is 0 Å². The molecule has 0 aromatic carbocycles. The topological polar surface area (TPSA) is 15.3 Å². The monoisotopic (exact) mass is 250 g/mol. The third-order valence-electron chi connectivity index (χ3n) is 3.83. The van der Waals surface area contributed by atoms with Gasteiger partial charge in [-0.1, -0.05) is 13.8 Å². The molecule has 1 saturated heterocycles. The number of hydrogen-bond donors (Lipinski definition) is 1. The number of nitrogens with one attached hydrogen (secondary N) is 1. The molecule has 2 atom stereocenters. The summed E-state index contributed by atoms with van der Waals surface area (Å²) in [7, 11) is 0. The number of piperazine rings is 1. The Bertz CT molecular complexity index is 261. The first-order chi connectivity index (χ1) is 7.87. The second-order valence-corrected chi connectivity index (χ2v) is 5.71. The predicted octanol–water partition coefficient (Wildman–Crippen LogP) is 2.26. The van der Waals surface area contributed by atoms with Crippen LogP contribution in [-0.4, -0.2) is 42.8 Å². The van der Waals surface area contributed by atoms with Gasteiger partial charge in [0.2, 0.25) is 0 Å². The molecule has 2 unspecified atom stereocenters. The first kappa shape index (κ1) is 13.1. The minimum Gasteiger partial charge on any atom is -0.311 e. The lowest BCUT2D eigenvalue weighted by Gasteiger charge is -2.42. The summed E-state index contributed by atoms with van der Waals surface area (Å²) in [6, 6.07) is 0.277. The summed E-state index contributed by atoms with van der Waals surface area (Å²) >= 11 is 0. The summed E-state index contributed by atoms with van der Waals surface area (Å²) in [5, 5.41) is 3.42. The maximum atomic E-state index is 12.6. The van der Waals surface area contributed by atoms with Crippen LogP contribution in [0.5, 0.6) is 0 Å². The lowest BCUT2D eigenvalue weighted by molar-refractivity contribution is -0.156. The Balaban J connectivity index is 1.98. The van der Waals surface area contributed by atoms with Gasteiger partial charge < -0.3 is 5.32 Å². The summed E-state index contributed by atoms with van der Waals surface area (Å²) in [5.74, 6) is 0.865. The van der Waals surface area contributed by atoms with E-state index in [1.165, 1.54) is 12.8 Å². The van der Waals surface area contributed by atoms with Crippen molar-refractivity contribution < 1.29 is 13.2 Å². The van der Waals surface area contributed by atoms with Gasteiger partial charge in [0.05, 0.1) is 6.54 Å². The fourth-order valence-corrected chi connectivity index (χ4v) is 2.74. The third-order valence-corrected chi connectivity index (χ3v) is 3.83. The zero-order valence-corrected chi connectivity index (χ0v) is 10.4. The number of hydrogen-bond acceptors (Lipinski definition) is 2. The molecule has 1 aliphatic carbocycles. The average Bonchev–Trinajstić information content (AvgIpc) is 2.97. The zero-order valence-electron chi connectivity index (χ0n) is 10.4. The molecule has 2 nitrogen and oxygen atoms in total. The van der Waals surface area contributed by atoms with Gasteiger partial charge in [-0.25, -0.2) is 0 Å². The summed E-state index contributed by atoms with van der Waals surface area (Å²) in [6.07, 6.45) is -1.74. The Kier molecular flexibility index (Phi) is 3.69. The van der Waals surface area contributed by atoms with E-state index in [0.717, 1.165) is 0 Å². The summed E-state index contributed by atoms with van der Waals surface area (Å²) in [6.45, 7) is 4.46. The van der Waals surface area contributed by atoms with E-state index in [2.05, 4.69) is 5.32 Å². The van der Waals surface area contributed by atoms with Crippen molar-refractivity contribution in [3.63, 3.8) is 0 Å². The van der Waals surface area contributed by atoms with Crippen LogP contribution in [0.25, 0.3) is 0 Å². The van der Waals surface area contributed by atoms with E-state index in [-0.39, 0.29) is 18.0 Å². The SMILES string of the molecule is CC(C)C1CNC(C2CC2)CN1CC(F)(F)F. The Morgan fingerprint density at radius 2 is 1.94 bits per heavy atom. The van der Waals surface area contributed by atoms with Crippen LogP contribution in [0.1, 0.15) is 26.7 Å². The number of halogens is 3. The quantitative estimate of drug-likeness (QED) is 0.826. The van der Waals surface area contributed by atoms with Crippen molar-refractivity contribution >= 4 is 0 Å². The lowest BCUT2D eigenvalue weighted by Crippen LogP contribution is -2.60. The molecule has 1 N–H and O–H groups in total. The molecule has 0 aromatic heterocycles. The molecule has 17 heavy (non-hydrogen) atoms. The normalized spacial score (nSPS) is 32.1. The molecule has 1 saturated carbocycles. The van der Waals surface area contributed by atoms with Crippen LogP contribution in [0.2, 0.25) is 0 Å². The van der Waals surface area contributed by atoms with E-state index >= 15 is 0 Å². The minimum atomic E-state index is -4.08. The molecule has 5 heteroatoms. The van der Waals surface area contributed by atoms with Gasteiger partial charge in [-0.3, -0.25) is 4.90 Å². The molecular weight excluding hydrogens is 229 g/mol. The molecule has 0 radical (unpaired) electrons. The molecule has 0 bridgehead atoms. The largest absolute Gasteiger partial charge is 0.401 e. The van der Waals surface area contributed by atoms with Crippen LogP contribution in [0.3, 0.4) is 0 Å². The average molecular weight is 250 g/mol. The van der Waals surface area contributed by atoms with Gasteiger partial charge in [-0.2, -0.15) is 13.2 Å². The molecule has 1 heterocycles. The van der Waals surface area contributed by atoms with Gasteiger partial charge in [0.1, 0.15) is 0 Å². The van der Waals surface area contributed by atoms with Gasteiger partial charge in [0, 0.05) is 25.2 Å². The second-order valence-electron chi connectivity index (χ2n) is 5.71. The summed E-state index contributed by atoms with van der Waals surface area (Å²) in [5.41, 5.74) is 0. The Morgan fingerprint density at radius 3 is 2.41 bits per heavy atom. The van der Waals surface area contributed by atoms with Crippen molar-refractivity contribution in [2.24, 2.45) is 11.8 Å². The van der Waals surface area contributed by atoms with Crippen molar-refractivity contribution in [1.29, 1.82) is 0 Å². The fourth-order valence-electron chi connectivity index (χ4n) is 2.74. The molecule has 0 aromatic rings. The highest BCUT2D eigenvalue weighted by Gasteiger charge is 2.41. The molecule has 0 amide bonds. The highest BCUT2D eigenvalue weighted by molar-refractivity contribution is 4.95. The standard InChI is InChI=1S/C12H21F3N2/c1-8(2)11-5-16-10(9-3-4-9)6-17(11)7-12(13,14)15/h8-11,16H,3-7H2,1-2H3. The van der Waals surface area contributed by atoms with Crippen LogP contribution >= 0.6 is 0 Å². The first-order valence-corrected chi connectivity index (χ1v) is 6.41. The van der Waals surface area contributed by atoms with Gasteiger partial charge in [0.25, 0.3) is 0 Å². The van der Waals surface area contributed by atoms with Crippen LogP contribution in [-0.2, 0) is 0 Å². The summed E-state index contributed by atoms with van der Waals surface area (Å²) in [4.78, 5) is 1.63. The van der Waals surface area contributed by atoms with Crippen molar-refractivity contribution in [2.75, 3.05) is 19.6 Å². The number of nitrogens with zero attached hydrogens (tertiary/aromatic N) is 1. The van der Waals surface area contributed by atoms with Crippen molar-refractivity contribution in [3.05, 3.63) is 0 Å². The van der Waals surface area contributed by atoms with E-state index in [0.29, 0.717) is 19.0 Å². The fraction of sp³-hybridized carbons (Fsp3) is 1.00. The van der Waals surface area contributed by atoms with Gasteiger partial charge in [0.15, 0.2) is 0 Å². The van der Waals surface area contributed by atoms with E-state index in [1.807, 2.05) is 13.8 Å². The summed E-state index contributed by atoms with van der Waals surface area (Å²) < 4.78 is 37.7. The van der Waals surface area contributed by atoms with E-state index in [4.69, 9.17) is 0 Å². The van der Waals surface area contributed by atoms with Gasteiger partial charge in [-0.15, -0.1) is 0 Å². The molecule has 100 valence electrons. The first-order valence-electron chi connectivity index (χ1n) is 6.41. The molecule has 2 aliphatic rings. The van der Waals surface area contributed by atoms with Gasteiger partial charge in [-0.05, 0) is 24.7 Å². The maximum absolute atomic E-state index is 12.6. The molecule has 0 spiro atoms. The Hall–Kier alpha value is -0.290. The Morgan fingerprint density at radius 1 is 1.29 bits per heavy atom. The molecule has 1 aliphatic heterocycles. The van der Waals surface area contributed by atoms with Crippen molar-refractivity contribution in [1.82, 2.24) is 10.2 Å². The smallest absolute Gasteiger partial charge is 0.311 e. The Labute approximate surface area is 101 Å². The minimum absolute atomic E-state index is 0.00613. The van der Waals surface area contributed by atoms with E-state index < -0.39 is 12.7 Å². The van der Waals surface area contributed by atoms with E-state index in [9.17, 15) is 13.2 Å². The van der Waals surface area contributed by atoms with Gasteiger partial charge >= 0.3 is 6.18 Å². The van der Waals surface area contributed by atoms with E-state index in [1.54, 1.807) is 4.90 Å². The molecule has 2 rings (SSSR count). The predicted molar refractivity (Wildman–Crippen MR) is 60.8 cm³/mol. The highest BCUT2D eigenvalue weighted by atomic mass is 19.4. The number of rotatable bonds is 3. The highest BCUT2D eigenvalue weighted by Crippen LogP contribution is 2.35. The van der Waals surface area contributed by atoms with Crippen LogP contribution in [0, 0.1) is 11.8 Å². The van der Waals surface area contributed by atoms with Crippen molar-refractivity contribution in [2.45, 2.75) is 44.9 Å². The second kappa shape index (κ2) is 4.76. The molecule has 2 fully saturated rings. The lowest BCUT2D eigenvalue weighted by atomic mass is 9.97. The maximum Gasteiger partial charge on any atom is 0.401 e. The zero-order chi connectivity index (χ0) is 12.6.